The third kappa shape index (κ3) is 3.74. The minimum Gasteiger partial charge on any atom is -0.340 e. The highest BCUT2D eigenvalue weighted by atomic mass is 15.3. The van der Waals surface area contributed by atoms with E-state index in [0.717, 1.165) is 36.2 Å². The number of hydrogen-bond acceptors (Lipinski definition) is 4. The molecule has 2 fully saturated rings. The standard InChI is InChI=1S/C24H28N4/c1-4-13-27(14-5-1)17-19-11-15-28(18-19)24-25-12-10-23(26-24)22-9-8-20-6-2-3-7-21(20)16-22/h2-3,6-10,12,16,19H,1,4-5,11,13-15,17-18H2. The molecule has 4 nitrogen and oxygen atoms in total. The summed E-state index contributed by atoms with van der Waals surface area (Å²) in [5.74, 6) is 1.62. The second-order valence-electron chi connectivity index (χ2n) is 8.27. The molecule has 28 heavy (non-hydrogen) atoms. The molecule has 3 heterocycles. The van der Waals surface area contributed by atoms with Gasteiger partial charge in [0.05, 0.1) is 5.69 Å². The van der Waals surface area contributed by atoms with E-state index in [9.17, 15) is 0 Å². The molecule has 2 aliphatic heterocycles. The molecule has 2 aromatic carbocycles. The molecule has 1 atom stereocenters. The van der Waals surface area contributed by atoms with E-state index in [1.54, 1.807) is 0 Å². The maximum atomic E-state index is 4.91. The smallest absolute Gasteiger partial charge is 0.225 e. The van der Waals surface area contributed by atoms with Gasteiger partial charge in [-0.2, -0.15) is 0 Å². The lowest BCUT2D eigenvalue weighted by Gasteiger charge is -2.29. The van der Waals surface area contributed by atoms with E-state index < -0.39 is 0 Å². The van der Waals surface area contributed by atoms with Crippen molar-refractivity contribution in [1.29, 1.82) is 0 Å². The molecular weight excluding hydrogens is 344 g/mol. The van der Waals surface area contributed by atoms with Gasteiger partial charge in [0, 0.05) is 31.4 Å². The van der Waals surface area contributed by atoms with Crippen molar-refractivity contribution in [3.63, 3.8) is 0 Å². The summed E-state index contributed by atoms with van der Waals surface area (Å²) in [5, 5.41) is 2.52. The van der Waals surface area contributed by atoms with Crippen LogP contribution in [-0.2, 0) is 0 Å². The lowest BCUT2D eigenvalue weighted by atomic mass is 10.1. The second kappa shape index (κ2) is 7.88. The molecule has 0 amide bonds. The maximum Gasteiger partial charge on any atom is 0.225 e. The first-order valence-electron chi connectivity index (χ1n) is 10.6. The van der Waals surface area contributed by atoms with E-state index >= 15 is 0 Å². The number of anilines is 1. The molecule has 0 bridgehead atoms. The van der Waals surface area contributed by atoms with Gasteiger partial charge in [0.1, 0.15) is 0 Å². The summed E-state index contributed by atoms with van der Waals surface area (Å²) < 4.78 is 0. The van der Waals surface area contributed by atoms with Crippen LogP contribution in [0.5, 0.6) is 0 Å². The van der Waals surface area contributed by atoms with E-state index in [4.69, 9.17) is 4.98 Å². The third-order valence-electron chi connectivity index (χ3n) is 6.22. The van der Waals surface area contributed by atoms with E-state index in [1.165, 1.54) is 56.1 Å². The van der Waals surface area contributed by atoms with Crippen LogP contribution in [0.15, 0.2) is 54.7 Å². The fourth-order valence-electron chi connectivity index (χ4n) is 4.68. The van der Waals surface area contributed by atoms with Gasteiger partial charge in [-0.1, -0.05) is 42.8 Å². The van der Waals surface area contributed by atoms with Crippen molar-refractivity contribution in [1.82, 2.24) is 14.9 Å². The van der Waals surface area contributed by atoms with Crippen LogP contribution in [-0.4, -0.2) is 47.6 Å². The Morgan fingerprint density at radius 1 is 0.893 bits per heavy atom. The van der Waals surface area contributed by atoms with Crippen LogP contribution >= 0.6 is 0 Å². The number of nitrogens with zero attached hydrogens (tertiary/aromatic N) is 4. The van der Waals surface area contributed by atoms with Gasteiger partial charge < -0.3 is 9.80 Å². The van der Waals surface area contributed by atoms with Gasteiger partial charge in [-0.05, 0) is 61.2 Å². The molecule has 0 spiro atoms. The SMILES string of the molecule is c1ccc2cc(-c3ccnc(N4CCC(CN5CCCCC5)C4)n3)ccc2c1. The Bertz CT molecular complexity index is 948. The molecule has 2 aliphatic rings. The Kier molecular flexibility index (Phi) is 4.96. The van der Waals surface area contributed by atoms with Crippen LogP contribution in [0.25, 0.3) is 22.0 Å². The van der Waals surface area contributed by atoms with Gasteiger partial charge in [0.25, 0.3) is 0 Å². The average Bonchev–Trinajstić information content (AvgIpc) is 3.23. The van der Waals surface area contributed by atoms with Crippen molar-refractivity contribution in [2.24, 2.45) is 5.92 Å². The highest BCUT2D eigenvalue weighted by Gasteiger charge is 2.26. The van der Waals surface area contributed by atoms with Crippen molar-refractivity contribution >= 4 is 16.7 Å². The highest BCUT2D eigenvalue weighted by molar-refractivity contribution is 5.86. The first-order chi connectivity index (χ1) is 13.8. The number of rotatable bonds is 4. The largest absolute Gasteiger partial charge is 0.340 e. The molecule has 2 saturated heterocycles. The Labute approximate surface area is 167 Å². The fourth-order valence-corrected chi connectivity index (χ4v) is 4.68. The fraction of sp³-hybridized carbons (Fsp3) is 0.417. The monoisotopic (exact) mass is 372 g/mol. The third-order valence-corrected chi connectivity index (χ3v) is 6.22. The summed E-state index contributed by atoms with van der Waals surface area (Å²) in [6, 6.07) is 17.1. The zero-order chi connectivity index (χ0) is 18.8. The van der Waals surface area contributed by atoms with E-state index in [2.05, 4.69) is 57.2 Å². The molecule has 4 heteroatoms. The van der Waals surface area contributed by atoms with E-state index in [0.29, 0.717) is 0 Å². The van der Waals surface area contributed by atoms with Crippen molar-refractivity contribution in [2.45, 2.75) is 25.7 Å². The number of piperidine rings is 1. The van der Waals surface area contributed by atoms with Gasteiger partial charge in [-0.3, -0.25) is 0 Å². The van der Waals surface area contributed by atoms with E-state index in [-0.39, 0.29) is 0 Å². The minimum atomic E-state index is 0.742. The lowest BCUT2D eigenvalue weighted by Crippen LogP contribution is -2.35. The minimum absolute atomic E-state index is 0.742. The van der Waals surface area contributed by atoms with Gasteiger partial charge in [-0.15, -0.1) is 0 Å². The van der Waals surface area contributed by atoms with Gasteiger partial charge >= 0.3 is 0 Å². The van der Waals surface area contributed by atoms with Crippen molar-refractivity contribution in [2.75, 3.05) is 37.6 Å². The Balaban J connectivity index is 1.31. The summed E-state index contributed by atoms with van der Waals surface area (Å²) >= 11 is 0. The molecule has 1 unspecified atom stereocenters. The Hall–Kier alpha value is -2.46. The molecule has 0 aliphatic carbocycles. The van der Waals surface area contributed by atoms with Gasteiger partial charge in [0.2, 0.25) is 5.95 Å². The molecule has 0 saturated carbocycles. The van der Waals surface area contributed by atoms with Crippen LogP contribution in [0, 0.1) is 5.92 Å². The molecule has 5 rings (SSSR count). The topological polar surface area (TPSA) is 32.3 Å². The Morgan fingerprint density at radius 3 is 2.64 bits per heavy atom. The number of likely N-dealkylation sites (tertiary alicyclic amines) is 1. The molecule has 1 aromatic heterocycles. The molecular formula is C24H28N4. The molecule has 144 valence electrons. The zero-order valence-electron chi connectivity index (χ0n) is 16.4. The summed E-state index contributed by atoms with van der Waals surface area (Å²) in [4.78, 5) is 14.5. The number of hydrogen-bond donors (Lipinski definition) is 0. The number of fused-ring (bicyclic) bond motifs is 1. The molecule has 3 aromatic rings. The zero-order valence-corrected chi connectivity index (χ0v) is 16.4. The second-order valence-corrected chi connectivity index (χ2v) is 8.27. The molecule has 0 radical (unpaired) electrons. The van der Waals surface area contributed by atoms with Crippen molar-refractivity contribution in [3.8, 4) is 11.3 Å². The lowest BCUT2D eigenvalue weighted by molar-refractivity contribution is 0.201. The van der Waals surface area contributed by atoms with Crippen LogP contribution in [0.4, 0.5) is 5.95 Å². The predicted molar refractivity (Wildman–Crippen MR) is 116 cm³/mol. The highest BCUT2D eigenvalue weighted by Crippen LogP contribution is 2.27. The first kappa shape index (κ1) is 17.6. The summed E-state index contributed by atoms with van der Waals surface area (Å²) in [6.07, 6.45) is 7.30. The average molecular weight is 373 g/mol. The summed E-state index contributed by atoms with van der Waals surface area (Å²) in [6.45, 7) is 5.95. The normalized spacial score (nSPS) is 20.7. The van der Waals surface area contributed by atoms with Crippen LogP contribution < -0.4 is 4.90 Å². The van der Waals surface area contributed by atoms with Gasteiger partial charge in [-0.25, -0.2) is 9.97 Å². The summed E-state index contributed by atoms with van der Waals surface area (Å²) in [7, 11) is 0. The van der Waals surface area contributed by atoms with Crippen LogP contribution in [0.3, 0.4) is 0 Å². The van der Waals surface area contributed by atoms with Crippen LogP contribution in [0.2, 0.25) is 0 Å². The van der Waals surface area contributed by atoms with Crippen molar-refractivity contribution in [3.05, 3.63) is 54.7 Å². The quantitative estimate of drug-likeness (QED) is 0.669. The maximum absolute atomic E-state index is 4.91. The number of benzene rings is 2. The first-order valence-corrected chi connectivity index (χ1v) is 10.6. The van der Waals surface area contributed by atoms with Crippen LogP contribution in [0.1, 0.15) is 25.7 Å². The predicted octanol–water partition coefficient (Wildman–Crippen LogP) is 4.61. The van der Waals surface area contributed by atoms with Gasteiger partial charge in [0.15, 0.2) is 0 Å². The van der Waals surface area contributed by atoms with Crippen molar-refractivity contribution < 1.29 is 0 Å². The summed E-state index contributed by atoms with van der Waals surface area (Å²) in [5.41, 5.74) is 2.17. The number of aromatic nitrogens is 2. The van der Waals surface area contributed by atoms with E-state index in [1.807, 2.05) is 12.3 Å². The Morgan fingerprint density at radius 2 is 1.75 bits per heavy atom. The molecule has 0 N–H and O–H groups in total.